The standard InChI is InChI=1S/C18H16F3N5O2S/c1-25(11-13-5-3-2-4-6-13)16(27)12-29-17-22-23-24-26(17)14-7-9-15(10-8-14)28-18(19,20)21/h2-10H,11-12H2,1H3. The lowest BCUT2D eigenvalue weighted by atomic mass is 10.2. The summed E-state index contributed by atoms with van der Waals surface area (Å²) in [6.45, 7) is 0.478. The van der Waals surface area contributed by atoms with Gasteiger partial charge in [-0.2, -0.15) is 4.68 Å². The van der Waals surface area contributed by atoms with Crippen LogP contribution in [0.1, 0.15) is 5.56 Å². The summed E-state index contributed by atoms with van der Waals surface area (Å²) >= 11 is 1.13. The zero-order valence-electron chi connectivity index (χ0n) is 15.2. The summed E-state index contributed by atoms with van der Waals surface area (Å²) < 4.78 is 42.0. The van der Waals surface area contributed by atoms with Crippen molar-refractivity contribution in [3.63, 3.8) is 0 Å². The lowest BCUT2D eigenvalue weighted by Gasteiger charge is -2.16. The summed E-state index contributed by atoms with van der Waals surface area (Å²) in [4.78, 5) is 14.0. The smallest absolute Gasteiger partial charge is 0.406 e. The van der Waals surface area contributed by atoms with Gasteiger partial charge in [0.15, 0.2) is 0 Å². The Morgan fingerprint density at radius 2 is 1.83 bits per heavy atom. The molecule has 29 heavy (non-hydrogen) atoms. The van der Waals surface area contributed by atoms with Crippen molar-refractivity contribution in [2.45, 2.75) is 18.1 Å². The first kappa shape index (κ1) is 20.6. The highest BCUT2D eigenvalue weighted by molar-refractivity contribution is 7.99. The van der Waals surface area contributed by atoms with Crippen LogP contribution >= 0.6 is 11.8 Å². The van der Waals surface area contributed by atoms with Crippen LogP contribution in [-0.4, -0.2) is 50.2 Å². The maximum atomic E-state index is 12.4. The van der Waals surface area contributed by atoms with Crippen LogP contribution in [0, 0.1) is 0 Å². The maximum absolute atomic E-state index is 12.4. The number of hydrogen-bond donors (Lipinski definition) is 0. The number of carbonyl (C=O) groups excluding carboxylic acids is 1. The second-order valence-electron chi connectivity index (χ2n) is 5.94. The van der Waals surface area contributed by atoms with Gasteiger partial charge in [-0.15, -0.1) is 18.3 Å². The van der Waals surface area contributed by atoms with Gasteiger partial charge in [0.25, 0.3) is 0 Å². The molecule has 0 aliphatic carbocycles. The molecule has 0 aliphatic heterocycles. The van der Waals surface area contributed by atoms with E-state index < -0.39 is 6.36 Å². The van der Waals surface area contributed by atoms with E-state index in [-0.39, 0.29) is 17.4 Å². The average molecular weight is 423 g/mol. The van der Waals surface area contributed by atoms with Gasteiger partial charge in [-0.3, -0.25) is 4.79 Å². The Hall–Kier alpha value is -3.08. The van der Waals surface area contributed by atoms with Crippen molar-refractivity contribution in [3.05, 3.63) is 60.2 Å². The minimum atomic E-state index is -4.76. The topological polar surface area (TPSA) is 73.1 Å². The van der Waals surface area contributed by atoms with E-state index in [4.69, 9.17) is 0 Å². The van der Waals surface area contributed by atoms with E-state index in [9.17, 15) is 18.0 Å². The van der Waals surface area contributed by atoms with Gasteiger partial charge in [0, 0.05) is 13.6 Å². The first-order chi connectivity index (χ1) is 13.8. The zero-order valence-corrected chi connectivity index (χ0v) is 16.0. The predicted molar refractivity (Wildman–Crippen MR) is 99.5 cm³/mol. The summed E-state index contributed by atoms with van der Waals surface area (Å²) in [5, 5.41) is 11.6. The van der Waals surface area contributed by atoms with Gasteiger partial charge in [0.05, 0.1) is 11.4 Å². The fourth-order valence-electron chi connectivity index (χ4n) is 2.40. The van der Waals surface area contributed by atoms with Crippen molar-refractivity contribution in [2.75, 3.05) is 12.8 Å². The van der Waals surface area contributed by atoms with Gasteiger partial charge in [-0.1, -0.05) is 42.1 Å². The Morgan fingerprint density at radius 1 is 1.14 bits per heavy atom. The minimum absolute atomic E-state index is 0.109. The summed E-state index contributed by atoms with van der Waals surface area (Å²) in [7, 11) is 1.71. The van der Waals surface area contributed by atoms with E-state index in [1.807, 2.05) is 30.3 Å². The molecule has 152 valence electrons. The summed E-state index contributed by atoms with van der Waals surface area (Å²) in [5.74, 6) is -0.345. The summed E-state index contributed by atoms with van der Waals surface area (Å²) in [6, 6.07) is 14.7. The van der Waals surface area contributed by atoms with Crippen LogP contribution in [0.2, 0.25) is 0 Å². The van der Waals surface area contributed by atoms with Crippen molar-refractivity contribution in [2.24, 2.45) is 0 Å². The third-order valence-corrected chi connectivity index (χ3v) is 4.67. The highest BCUT2D eigenvalue weighted by atomic mass is 32.2. The number of nitrogens with zero attached hydrogens (tertiary/aromatic N) is 5. The maximum Gasteiger partial charge on any atom is 0.573 e. The first-order valence-electron chi connectivity index (χ1n) is 8.37. The fourth-order valence-corrected chi connectivity index (χ4v) is 3.23. The number of hydrogen-bond acceptors (Lipinski definition) is 6. The molecule has 1 amide bonds. The summed E-state index contributed by atoms with van der Waals surface area (Å²) in [6.07, 6.45) is -4.76. The van der Waals surface area contributed by atoms with Gasteiger partial charge >= 0.3 is 6.36 Å². The molecule has 11 heteroatoms. The number of ether oxygens (including phenoxy) is 1. The highest BCUT2D eigenvalue weighted by Gasteiger charge is 2.31. The number of alkyl halides is 3. The van der Waals surface area contributed by atoms with Crippen LogP contribution in [0.15, 0.2) is 59.8 Å². The summed E-state index contributed by atoms with van der Waals surface area (Å²) in [5.41, 5.74) is 1.46. The number of rotatable bonds is 7. The number of benzene rings is 2. The van der Waals surface area contributed by atoms with Gasteiger partial charge < -0.3 is 9.64 Å². The lowest BCUT2D eigenvalue weighted by molar-refractivity contribution is -0.274. The molecule has 1 heterocycles. The molecule has 0 radical (unpaired) electrons. The van der Waals surface area contributed by atoms with Crippen LogP contribution in [0.4, 0.5) is 13.2 Å². The Labute approximate surface area is 168 Å². The SMILES string of the molecule is CN(Cc1ccccc1)C(=O)CSc1nnnn1-c1ccc(OC(F)(F)F)cc1. The molecule has 0 spiro atoms. The Morgan fingerprint density at radius 3 is 2.48 bits per heavy atom. The van der Waals surface area contributed by atoms with Crippen molar-refractivity contribution in [3.8, 4) is 11.4 Å². The van der Waals surface area contributed by atoms with Gasteiger partial charge in [0.2, 0.25) is 11.1 Å². The molecular weight excluding hydrogens is 407 g/mol. The number of carbonyl (C=O) groups is 1. The van der Waals surface area contributed by atoms with Gasteiger partial charge in [-0.05, 0) is 40.3 Å². The van der Waals surface area contributed by atoms with Crippen LogP contribution < -0.4 is 4.74 Å². The molecule has 0 fully saturated rings. The van der Waals surface area contributed by atoms with Crippen molar-refractivity contribution < 1.29 is 22.7 Å². The lowest BCUT2D eigenvalue weighted by Crippen LogP contribution is -2.27. The van der Waals surface area contributed by atoms with E-state index in [1.54, 1.807) is 11.9 Å². The molecule has 3 rings (SSSR count). The molecule has 2 aromatic carbocycles. The molecule has 0 N–H and O–H groups in total. The van der Waals surface area contributed by atoms with E-state index >= 15 is 0 Å². The van der Waals surface area contributed by atoms with Crippen LogP contribution in [0.25, 0.3) is 5.69 Å². The molecule has 1 aromatic heterocycles. The molecule has 0 unspecified atom stereocenters. The number of halogens is 3. The van der Waals surface area contributed by atoms with Crippen LogP contribution in [-0.2, 0) is 11.3 Å². The zero-order chi connectivity index (χ0) is 20.9. The average Bonchev–Trinajstić information content (AvgIpc) is 3.15. The molecule has 0 saturated carbocycles. The van der Waals surface area contributed by atoms with E-state index in [1.165, 1.54) is 16.8 Å². The molecule has 0 atom stereocenters. The Kier molecular flexibility index (Phi) is 6.37. The molecule has 3 aromatic rings. The van der Waals surface area contributed by atoms with Gasteiger partial charge in [0.1, 0.15) is 5.75 Å². The number of tetrazole rings is 1. The molecule has 0 bridgehead atoms. The van der Waals surface area contributed by atoms with Crippen LogP contribution in [0.3, 0.4) is 0 Å². The normalized spacial score (nSPS) is 11.3. The van der Waals surface area contributed by atoms with Crippen molar-refractivity contribution >= 4 is 17.7 Å². The second kappa shape index (κ2) is 8.95. The fraction of sp³-hybridized carbons (Fsp3) is 0.222. The van der Waals surface area contributed by atoms with E-state index in [2.05, 4.69) is 20.3 Å². The minimum Gasteiger partial charge on any atom is -0.406 e. The predicted octanol–water partition coefficient (Wildman–Crippen LogP) is 3.31. The Bertz CT molecular complexity index is 948. The van der Waals surface area contributed by atoms with E-state index in [0.29, 0.717) is 17.4 Å². The molecule has 0 saturated heterocycles. The van der Waals surface area contributed by atoms with E-state index in [0.717, 1.165) is 29.5 Å². The molecular formula is C18H16F3N5O2S. The largest absolute Gasteiger partial charge is 0.573 e. The van der Waals surface area contributed by atoms with Crippen LogP contribution in [0.5, 0.6) is 5.75 Å². The second-order valence-corrected chi connectivity index (χ2v) is 6.88. The third-order valence-electron chi connectivity index (χ3n) is 3.77. The Balaban J connectivity index is 1.61. The van der Waals surface area contributed by atoms with Gasteiger partial charge in [-0.25, -0.2) is 0 Å². The number of amides is 1. The van der Waals surface area contributed by atoms with Crippen molar-refractivity contribution in [1.82, 2.24) is 25.1 Å². The van der Waals surface area contributed by atoms with Crippen molar-refractivity contribution in [1.29, 1.82) is 0 Å². The third kappa shape index (κ3) is 5.95. The first-order valence-corrected chi connectivity index (χ1v) is 9.35. The quantitative estimate of drug-likeness (QED) is 0.543. The number of aromatic nitrogens is 4. The highest BCUT2D eigenvalue weighted by Crippen LogP contribution is 2.25. The molecule has 7 nitrogen and oxygen atoms in total. The monoisotopic (exact) mass is 423 g/mol. The molecule has 0 aliphatic rings. The number of thioether (sulfide) groups is 1.